The highest BCUT2D eigenvalue weighted by atomic mass is 35.5. The molecule has 0 bridgehead atoms. The van der Waals surface area contributed by atoms with E-state index in [0.717, 1.165) is 30.4 Å². The molecule has 0 aliphatic carbocycles. The molecule has 1 fully saturated rings. The van der Waals surface area contributed by atoms with Gasteiger partial charge in [0.1, 0.15) is 5.15 Å². The van der Waals surface area contributed by atoms with Crippen molar-refractivity contribution >= 4 is 22.5 Å². The van der Waals surface area contributed by atoms with Crippen LogP contribution in [0.3, 0.4) is 0 Å². The fourth-order valence-electron chi connectivity index (χ4n) is 2.06. The molecule has 84 valence electrons. The molecule has 3 rings (SSSR count). The Bertz CT molecular complexity index is 505. The maximum Gasteiger partial charge on any atom is 0.150 e. The number of hydrogen-bond acceptors (Lipinski definition) is 3. The first-order valence-electron chi connectivity index (χ1n) is 5.45. The summed E-state index contributed by atoms with van der Waals surface area (Å²) in [5, 5.41) is 5.86. The number of pyridine rings is 1. The molecule has 16 heavy (non-hydrogen) atoms. The van der Waals surface area contributed by atoms with E-state index < -0.39 is 0 Å². The maximum absolute atomic E-state index is 5.83. The molecular weight excluding hydrogens is 226 g/mol. The Hall–Kier alpha value is -1.13. The summed E-state index contributed by atoms with van der Waals surface area (Å²) in [4.78, 5) is 4.08. The van der Waals surface area contributed by atoms with Gasteiger partial charge in [0.05, 0.1) is 17.9 Å². The largest absolute Gasteiger partial charge is 0.356 e. The van der Waals surface area contributed by atoms with Crippen LogP contribution in [0.1, 0.15) is 25.5 Å². The Morgan fingerprint density at radius 3 is 3.12 bits per heavy atom. The zero-order valence-corrected chi connectivity index (χ0v) is 9.52. The summed E-state index contributed by atoms with van der Waals surface area (Å²) >= 11 is 5.83. The minimum absolute atomic E-state index is 0.0502. The fourth-order valence-corrected chi connectivity index (χ4v) is 2.23. The number of nitrogens with zero attached hydrogens (tertiary/aromatic N) is 3. The van der Waals surface area contributed by atoms with Crippen LogP contribution >= 0.6 is 11.6 Å². The quantitative estimate of drug-likeness (QED) is 0.716. The summed E-state index contributed by atoms with van der Waals surface area (Å²) in [6.45, 7) is 0.813. The molecule has 0 aromatic carbocycles. The van der Waals surface area contributed by atoms with E-state index in [-0.39, 0.29) is 6.23 Å². The van der Waals surface area contributed by atoms with Gasteiger partial charge in [-0.25, -0.2) is 9.67 Å². The van der Waals surface area contributed by atoms with Gasteiger partial charge in [-0.15, -0.1) is 0 Å². The van der Waals surface area contributed by atoms with Crippen molar-refractivity contribution in [2.75, 3.05) is 6.61 Å². The SMILES string of the molecule is Clc1cc2cnn(C3CCCCO3)c2cn1. The van der Waals surface area contributed by atoms with Crippen molar-refractivity contribution in [3.63, 3.8) is 0 Å². The van der Waals surface area contributed by atoms with Gasteiger partial charge in [-0.05, 0) is 25.3 Å². The Balaban J connectivity index is 2.03. The second-order valence-corrected chi connectivity index (χ2v) is 4.36. The van der Waals surface area contributed by atoms with E-state index in [1.165, 1.54) is 6.42 Å². The van der Waals surface area contributed by atoms with E-state index in [1.807, 2.05) is 10.7 Å². The molecule has 1 unspecified atom stereocenters. The highest BCUT2D eigenvalue weighted by Crippen LogP contribution is 2.26. The van der Waals surface area contributed by atoms with Crippen LogP contribution in [0.5, 0.6) is 0 Å². The average Bonchev–Trinajstić information content (AvgIpc) is 2.73. The van der Waals surface area contributed by atoms with Gasteiger partial charge in [0.25, 0.3) is 0 Å². The number of ether oxygens (including phenoxy) is 1. The molecule has 0 N–H and O–H groups in total. The Morgan fingerprint density at radius 2 is 2.31 bits per heavy atom. The van der Waals surface area contributed by atoms with Gasteiger partial charge in [-0.3, -0.25) is 0 Å². The third-order valence-corrected chi connectivity index (χ3v) is 3.08. The standard InChI is InChI=1S/C11H12ClN3O/c12-10-5-8-6-14-15(9(8)7-13-10)11-3-1-2-4-16-11/h5-7,11H,1-4H2. The van der Waals surface area contributed by atoms with Crippen LogP contribution in [-0.4, -0.2) is 21.4 Å². The van der Waals surface area contributed by atoms with Crippen molar-refractivity contribution in [1.82, 2.24) is 14.8 Å². The van der Waals surface area contributed by atoms with Crippen molar-refractivity contribution in [3.05, 3.63) is 23.6 Å². The Labute approximate surface area is 98.2 Å². The molecule has 1 aliphatic rings. The average molecular weight is 238 g/mol. The molecule has 4 nitrogen and oxygen atoms in total. The van der Waals surface area contributed by atoms with Gasteiger partial charge in [0.15, 0.2) is 6.23 Å². The topological polar surface area (TPSA) is 39.9 Å². The van der Waals surface area contributed by atoms with E-state index >= 15 is 0 Å². The number of halogens is 1. The third-order valence-electron chi connectivity index (χ3n) is 2.88. The normalized spacial score (nSPS) is 21.4. The maximum atomic E-state index is 5.83. The zero-order valence-electron chi connectivity index (χ0n) is 8.77. The van der Waals surface area contributed by atoms with Gasteiger partial charge in [0, 0.05) is 12.0 Å². The molecule has 1 saturated heterocycles. The first-order chi connectivity index (χ1) is 7.84. The van der Waals surface area contributed by atoms with Gasteiger partial charge in [0.2, 0.25) is 0 Å². The van der Waals surface area contributed by atoms with Crippen LogP contribution in [0.4, 0.5) is 0 Å². The lowest BCUT2D eigenvalue weighted by Crippen LogP contribution is -2.18. The monoisotopic (exact) mass is 237 g/mol. The molecule has 0 amide bonds. The molecular formula is C11H12ClN3O. The van der Waals surface area contributed by atoms with Crippen LogP contribution in [0, 0.1) is 0 Å². The molecule has 5 heteroatoms. The number of fused-ring (bicyclic) bond motifs is 1. The van der Waals surface area contributed by atoms with Gasteiger partial charge < -0.3 is 4.74 Å². The van der Waals surface area contributed by atoms with E-state index in [0.29, 0.717) is 5.15 Å². The van der Waals surface area contributed by atoms with E-state index in [2.05, 4.69) is 10.1 Å². The minimum Gasteiger partial charge on any atom is -0.356 e. The Kier molecular flexibility index (Phi) is 2.53. The van der Waals surface area contributed by atoms with Crippen LogP contribution in [0.15, 0.2) is 18.5 Å². The summed E-state index contributed by atoms with van der Waals surface area (Å²) in [6, 6.07) is 1.82. The lowest BCUT2D eigenvalue weighted by Gasteiger charge is -2.23. The molecule has 3 heterocycles. The molecule has 0 spiro atoms. The summed E-state index contributed by atoms with van der Waals surface area (Å²) in [5.41, 5.74) is 0.983. The number of hydrogen-bond donors (Lipinski definition) is 0. The lowest BCUT2D eigenvalue weighted by molar-refractivity contribution is -0.0367. The first kappa shape index (κ1) is 10.1. The predicted molar refractivity (Wildman–Crippen MR) is 61.4 cm³/mol. The highest BCUT2D eigenvalue weighted by Gasteiger charge is 2.18. The van der Waals surface area contributed by atoms with Crippen LogP contribution in [0.2, 0.25) is 5.15 Å². The van der Waals surface area contributed by atoms with Crippen LogP contribution < -0.4 is 0 Å². The molecule has 1 aliphatic heterocycles. The zero-order chi connectivity index (χ0) is 11.0. The highest BCUT2D eigenvalue weighted by molar-refractivity contribution is 6.30. The van der Waals surface area contributed by atoms with E-state index in [4.69, 9.17) is 16.3 Å². The molecule has 2 aromatic rings. The molecule has 0 radical (unpaired) electrons. The Morgan fingerprint density at radius 1 is 1.38 bits per heavy atom. The second-order valence-electron chi connectivity index (χ2n) is 3.98. The van der Waals surface area contributed by atoms with Crippen molar-refractivity contribution in [1.29, 1.82) is 0 Å². The summed E-state index contributed by atoms with van der Waals surface area (Å²) < 4.78 is 7.60. The van der Waals surface area contributed by atoms with Crippen molar-refractivity contribution in [2.24, 2.45) is 0 Å². The van der Waals surface area contributed by atoms with Gasteiger partial charge in [-0.2, -0.15) is 5.10 Å². The van der Waals surface area contributed by atoms with Crippen LogP contribution in [-0.2, 0) is 4.74 Å². The number of rotatable bonds is 1. The van der Waals surface area contributed by atoms with Crippen molar-refractivity contribution in [2.45, 2.75) is 25.5 Å². The lowest BCUT2D eigenvalue weighted by atomic mass is 10.2. The second kappa shape index (κ2) is 4.03. The van der Waals surface area contributed by atoms with Gasteiger partial charge >= 0.3 is 0 Å². The molecule has 1 atom stereocenters. The molecule has 2 aromatic heterocycles. The third kappa shape index (κ3) is 1.68. The summed E-state index contributed by atoms with van der Waals surface area (Å²) in [5.74, 6) is 0. The smallest absolute Gasteiger partial charge is 0.150 e. The van der Waals surface area contributed by atoms with Crippen molar-refractivity contribution in [3.8, 4) is 0 Å². The van der Waals surface area contributed by atoms with E-state index in [1.54, 1.807) is 12.4 Å². The first-order valence-corrected chi connectivity index (χ1v) is 5.83. The molecule has 0 saturated carbocycles. The summed E-state index contributed by atoms with van der Waals surface area (Å²) in [7, 11) is 0. The van der Waals surface area contributed by atoms with E-state index in [9.17, 15) is 0 Å². The number of aromatic nitrogens is 3. The predicted octanol–water partition coefficient (Wildman–Crippen LogP) is 2.78. The fraction of sp³-hybridized carbons (Fsp3) is 0.455. The van der Waals surface area contributed by atoms with Crippen LogP contribution in [0.25, 0.3) is 10.9 Å². The van der Waals surface area contributed by atoms with Crippen molar-refractivity contribution < 1.29 is 4.74 Å². The summed E-state index contributed by atoms with van der Waals surface area (Å²) in [6.07, 6.45) is 6.95. The minimum atomic E-state index is 0.0502. The van der Waals surface area contributed by atoms with Gasteiger partial charge in [-0.1, -0.05) is 11.6 Å².